The number of anilines is 2. The van der Waals surface area contributed by atoms with Crippen molar-refractivity contribution >= 4 is 46.9 Å². The smallest absolute Gasteiger partial charge is 0.335 e. The fraction of sp³-hybridized carbons (Fsp3) is 0.0769. The highest BCUT2D eigenvalue weighted by Gasteiger charge is 2.36. The van der Waals surface area contributed by atoms with Crippen molar-refractivity contribution in [2.75, 3.05) is 16.8 Å². The summed E-state index contributed by atoms with van der Waals surface area (Å²) in [7, 11) is 0. The van der Waals surface area contributed by atoms with Gasteiger partial charge in [-0.1, -0.05) is 24.3 Å². The first kappa shape index (κ1) is 24.8. The van der Waals surface area contributed by atoms with Gasteiger partial charge in [0.05, 0.1) is 10.6 Å². The van der Waals surface area contributed by atoms with Gasteiger partial charge < -0.3 is 10.1 Å². The zero-order chi connectivity index (χ0) is 26.5. The Kier molecular flexibility index (Phi) is 7.05. The Morgan fingerprint density at radius 1 is 1.05 bits per heavy atom. The molecule has 0 aromatic heterocycles. The molecule has 4 rings (SSSR count). The highest BCUT2D eigenvalue weighted by atomic mass is 16.6. The van der Waals surface area contributed by atoms with E-state index >= 15 is 0 Å². The first-order chi connectivity index (χ1) is 17.7. The van der Waals surface area contributed by atoms with E-state index < -0.39 is 22.8 Å². The molecule has 1 fully saturated rings. The number of benzene rings is 3. The van der Waals surface area contributed by atoms with E-state index in [9.17, 15) is 29.3 Å². The highest BCUT2D eigenvalue weighted by molar-refractivity contribution is 6.39. The number of rotatable bonds is 7. The van der Waals surface area contributed by atoms with Gasteiger partial charge in [0, 0.05) is 17.8 Å². The fourth-order valence-corrected chi connectivity index (χ4v) is 3.51. The number of hydrogen-bond donors (Lipinski definition) is 2. The van der Waals surface area contributed by atoms with E-state index in [2.05, 4.69) is 10.6 Å². The Balaban J connectivity index is 1.43. The third-order valence-corrected chi connectivity index (χ3v) is 5.28. The second-order valence-electron chi connectivity index (χ2n) is 8.01. The van der Waals surface area contributed by atoms with E-state index in [-0.39, 0.29) is 29.5 Å². The lowest BCUT2D eigenvalue weighted by atomic mass is 10.1. The van der Waals surface area contributed by atoms with Crippen molar-refractivity contribution in [3.8, 4) is 5.75 Å². The number of nitrogens with zero attached hydrogens (tertiary/aromatic N) is 2. The molecule has 186 valence electrons. The summed E-state index contributed by atoms with van der Waals surface area (Å²) in [6.45, 7) is 1.69. The molecule has 11 nitrogen and oxygen atoms in total. The lowest BCUT2D eigenvalue weighted by Gasteiger charge is -2.26. The van der Waals surface area contributed by atoms with Crippen molar-refractivity contribution in [1.29, 1.82) is 0 Å². The van der Waals surface area contributed by atoms with Crippen LogP contribution in [0.5, 0.6) is 5.75 Å². The first-order valence-corrected chi connectivity index (χ1v) is 11.0. The van der Waals surface area contributed by atoms with Crippen molar-refractivity contribution < 1.29 is 28.8 Å². The molecule has 0 saturated carbocycles. The van der Waals surface area contributed by atoms with Crippen LogP contribution in [0.1, 0.15) is 11.1 Å². The summed E-state index contributed by atoms with van der Waals surface area (Å²) in [5, 5.41) is 15.7. The SMILES string of the molecule is Cc1cccc(NC(=O)COc2ccc(/C=C3\C(=O)NC(=O)N(c4ccc([N+](=O)[O-])cc4)C3=O)cc2)c1. The number of nitro groups is 1. The number of hydrogen-bond acceptors (Lipinski definition) is 7. The molecule has 1 heterocycles. The minimum atomic E-state index is -0.964. The highest BCUT2D eigenvalue weighted by Crippen LogP contribution is 2.24. The Morgan fingerprint density at radius 2 is 1.76 bits per heavy atom. The number of nitro benzene ring substituents is 1. The van der Waals surface area contributed by atoms with E-state index in [1.165, 1.54) is 18.2 Å². The summed E-state index contributed by atoms with van der Waals surface area (Å²) >= 11 is 0. The summed E-state index contributed by atoms with van der Waals surface area (Å²) in [6, 6.07) is 17.4. The van der Waals surface area contributed by atoms with Crippen molar-refractivity contribution in [2.24, 2.45) is 0 Å². The van der Waals surface area contributed by atoms with Gasteiger partial charge in [0.25, 0.3) is 23.4 Å². The predicted octanol–water partition coefficient (Wildman–Crippen LogP) is 3.59. The Labute approximate surface area is 210 Å². The lowest BCUT2D eigenvalue weighted by molar-refractivity contribution is -0.384. The third-order valence-electron chi connectivity index (χ3n) is 5.28. The van der Waals surface area contributed by atoms with Gasteiger partial charge in [0.15, 0.2) is 6.61 Å². The second kappa shape index (κ2) is 10.5. The minimum Gasteiger partial charge on any atom is -0.484 e. The molecule has 5 amide bonds. The molecular weight excluding hydrogens is 480 g/mol. The quantitative estimate of drug-likeness (QED) is 0.218. The number of carbonyl (C=O) groups is 4. The van der Waals surface area contributed by atoms with Gasteiger partial charge in [-0.2, -0.15) is 0 Å². The molecule has 2 N–H and O–H groups in total. The molecule has 0 unspecified atom stereocenters. The van der Waals surface area contributed by atoms with Crippen LogP contribution in [0.25, 0.3) is 6.08 Å². The third kappa shape index (κ3) is 5.85. The van der Waals surface area contributed by atoms with E-state index in [4.69, 9.17) is 4.74 Å². The topological polar surface area (TPSA) is 148 Å². The molecule has 1 aliphatic rings. The van der Waals surface area contributed by atoms with Crippen LogP contribution in [0.3, 0.4) is 0 Å². The molecule has 0 atom stereocenters. The number of urea groups is 1. The van der Waals surface area contributed by atoms with Gasteiger partial charge in [0.2, 0.25) is 0 Å². The first-order valence-electron chi connectivity index (χ1n) is 11.0. The van der Waals surface area contributed by atoms with E-state index in [1.54, 1.807) is 30.3 Å². The number of barbiturate groups is 1. The summed E-state index contributed by atoms with van der Waals surface area (Å²) in [5.74, 6) is -1.70. The second-order valence-corrected chi connectivity index (χ2v) is 8.01. The largest absolute Gasteiger partial charge is 0.484 e. The van der Waals surface area contributed by atoms with Crippen LogP contribution in [0, 0.1) is 17.0 Å². The predicted molar refractivity (Wildman–Crippen MR) is 134 cm³/mol. The Bertz CT molecular complexity index is 1430. The standard InChI is InChI=1S/C26H20N4O7/c1-16-3-2-4-18(13-16)27-23(31)15-37-21-11-5-17(6-12-21)14-22-24(32)28-26(34)29(25(22)33)19-7-9-20(10-8-19)30(35)36/h2-14H,15H2,1H3,(H,27,31)(H,28,32,34)/b22-14+. The van der Waals surface area contributed by atoms with Crippen LogP contribution in [0.4, 0.5) is 21.9 Å². The zero-order valence-corrected chi connectivity index (χ0v) is 19.5. The molecule has 37 heavy (non-hydrogen) atoms. The van der Waals surface area contributed by atoms with Crippen molar-refractivity contribution in [1.82, 2.24) is 5.32 Å². The van der Waals surface area contributed by atoms with Gasteiger partial charge >= 0.3 is 6.03 Å². The average molecular weight is 500 g/mol. The van der Waals surface area contributed by atoms with Gasteiger partial charge in [0.1, 0.15) is 11.3 Å². The van der Waals surface area contributed by atoms with Crippen molar-refractivity contribution in [3.05, 3.63) is 99.6 Å². The van der Waals surface area contributed by atoms with Crippen molar-refractivity contribution in [2.45, 2.75) is 6.92 Å². The van der Waals surface area contributed by atoms with Crippen LogP contribution < -0.4 is 20.3 Å². The van der Waals surface area contributed by atoms with E-state index in [0.717, 1.165) is 22.6 Å². The van der Waals surface area contributed by atoms with Gasteiger partial charge in [-0.15, -0.1) is 0 Å². The average Bonchev–Trinajstić information content (AvgIpc) is 2.86. The number of non-ortho nitro benzene ring substituents is 1. The molecule has 0 aliphatic carbocycles. The maximum Gasteiger partial charge on any atom is 0.335 e. The van der Waals surface area contributed by atoms with Gasteiger partial charge in [-0.25, -0.2) is 9.69 Å². The molecule has 1 aliphatic heterocycles. The number of nitrogens with one attached hydrogen (secondary N) is 2. The Morgan fingerprint density at radius 3 is 2.41 bits per heavy atom. The molecule has 0 spiro atoms. The number of aryl methyl sites for hydroxylation is 1. The number of amides is 5. The monoisotopic (exact) mass is 500 g/mol. The molecule has 0 radical (unpaired) electrons. The molecule has 3 aromatic rings. The van der Waals surface area contributed by atoms with Crippen molar-refractivity contribution in [3.63, 3.8) is 0 Å². The molecule has 0 bridgehead atoms. The van der Waals surface area contributed by atoms with Crippen LogP contribution in [-0.4, -0.2) is 35.3 Å². The minimum absolute atomic E-state index is 0.0687. The maximum absolute atomic E-state index is 13.0. The summed E-state index contributed by atoms with van der Waals surface area (Å²) in [5.41, 5.74) is 1.69. The maximum atomic E-state index is 13.0. The molecule has 11 heteroatoms. The number of imide groups is 2. The molecule has 1 saturated heterocycles. The number of ether oxygens (including phenoxy) is 1. The zero-order valence-electron chi connectivity index (χ0n) is 19.5. The summed E-state index contributed by atoms with van der Waals surface area (Å²) in [6.07, 6.45) is 1.30. The van der Waals surface area contributed by atoms with Gasteiger partial charge in [-0.05, 0) is 60.5 Å². The van der Waals surface area contributed by atoms with E-state index in [0.29, 0.717) is 17.0 Å². The fourth-order valence-electron chi connectivity index (χ4n) is 3.51. The summed E-state index contributed by atoms with van der Waals surface area (Å²) in [4.78, 5) is 60.7. The van der Waals surface area contributed by atoms with Crippen LogP contribution in [-0.2, 0) is 14.4 Å². The number of carbonyl (C=O) groups excluding carboxylic acids is 4. The van der Waals surface area contributed by atoms with Gasteiger partial charge in [-0.3, -0.25) is 29.8 Å². The lowest BCUT2D eigenvalue weighted by Crippen LogP contribution is -2.54. The normalized spacial score (nSPS) is 14.4. The molecular formula is C26H20N4O7. The van der Waals surface area contributed by atoms with E-state index in [1.807, 2.05) is 25.1 Å². The summed E-state index contributed by atoms with van der Waals surface area (Å²) < 4.78 is 5.49. The molecule has 3 aromatic carbocycles. The van der Waals surface area contributed by atoms with Crippen LogP contribution >= 0.6 is 0 Å². The van der Waals surface area contributed by atoms with Crippen LogP contribution in [0.2, 0.25) is 0 Å². The van der Waals surface area contributed by atoms with Crippen LogP contribution in [0.15, 0.2) is 78.4 Å². The Hall–Kier alpha value is -5.32.